The van der Waals surface area contributed by atoms with Gasteiger partial charge in [-0.3, -0.25) is 24.5 Å². The van der Waals surface area contributed by atoms with Crippen LogP contribution < -0.4 is 5.32 Å². The Morgan fingerprint density at radius 3 is 2.34 bits per heavy atom. The molecule has 2 aromatic rings. The van der Waals surface area contributed by atoms with E-state index in [1.54, 1.807) is 57.4 Å². The van der Waals surface area contributed by atoms with E-state index in [9.17, 15) is 28.0 Å². The maximum atomic E-state index is 15.0. The lowest BCUT2D eigenvalue weighted by Gasteiger charge is -2.54. The highest BCUT2D eigenvalue weighted by Crippen LogP contribution is 2.49. The molecule has 0 saturated carbocycles. The fourth-order valence-corrected chi connectivity index (χ4v) is 5.35. The Morgan fingerprint density at radius 1 is 1.13 bits per heavy atom. The molecule has 190 valence electrons. The Balaban J connectivity index is 1.61. The van der Waals surface area contributed by atoms with Gasteiger partial charge >= 0.3 is 5.92 Å². The van der Waals surface area contributed by atoms with Gasteiger partial charge in [-0.25, -0.2) is 0 Å². The number of nitrogens with zero attached hydrogens (tertiary/aromatic N) is 2. The summed E-state index contributed by atoms with van der Waals surface area (Å²) < 4.78 is 30.0. The minimum Gasteiger partial charge on any atom is -0.389 e. The van der Waals surface area contributed by atoms with Gasteiger partial charge in [-0.15, -0.1) is 0 Å². The van der Waals surface area contributed by atoms with E-state index in [0.29, 0.717) is 16.7 Å². The lowest BCUT2D eigenvalue weighted by atomic mass is 9.31. The van der Waals surface area contributed by atoms with Crippen LogP contribution in [0.2, 0.25) is 16.1 Å². The Bertz CT molecular complexity index is 1370. The molecule has 1 N–H and O–H groups in total. The first kappa shape index (κ1) is 28.1. The van der Waals surface area contributed by atoms with Crippen molar-refractivity contribution in [3.05, 3.63) is 69.7 Å². The second kappa shape index (κ2) is 9.36. The average molecular weight is 533 g/mol. The van der Waals surface area contributed by atoms with Crippen LogP contribution in [0.3, 0.4) is 0 Å². The number of imide groups is 1. The molecule has 0 aromatic heterocycles. The fraction of sp³-hybridized carbons (Fsp3) is 0.273. The van der Waals surface area contributed by atoms with E-state index in [0.717, 1.165) is 16.9 Å². The highest BCUT2D eigenvalue weighted by atomic mass is 35.5. The van der Waals surface area contributed by atoms with Crippen molar-refractivity contribution in [1.29, 1.82) is 0 Å². The van der Waals surface area contributed by atoms with Gasteiger partial charge in [-0.05, 0) is 29.3 Å². The number of alkyl halides is 2. The predicted molar refractivity (Wildman–Crippen MR) is 155 cm³/mol. The van der Waals surface area contributed by atoms with Crippen LogP contribution in [0.1, 0.15) is 33.0 Å². The van der Waals surface area contributed by atoms with Crippen molar-refractivity contribution < 1.29 is 28.0 Å². The van der Waals surface area contributed by atoms with E-state index in [2.05, 4.69) is 5.32 Å². The Morgan fingerprint density at radius 2 is 1.74 bits per heavy atom. The monoisotopic (exact) mass is 533 g/mol. The van der Waals surface area contributed by atoms with Crippen molar-refractivity contribution >= 4 is 82.4 Å². The summed E-state index contributed by atoms with van der Waals surface area (Å²) >= 11 is 5.79. The van der Waals surface area contributed by atoms with Gasteiger partial charge in [0.2, 0.25) is 19.8 Å². The minimum atomic E-state index is -3.76. The number of rotatable bonds is 5. The lowest BCUT2D eigenvalue weighted by Crippen LogP contribution is -2.72. The third-order valence-corrected chi connectivity index (χ3v) is 8.99. The zero-order valence-corrected chi connectivity index (χ0v) is 22.8. The molecular formula is C22H24B6ClF2N3O4. The number of hydrogen-bond donors (Lipinski definition) is 1. The van der Waals surface area contributed by atoms with Crippen LogP contribution >= 0.6 is 11.6 Å². The zero-order chi connectivity index (χ0) is 28.4. The third kappa shape index (κ3) is 4.10. The largest absolute Gasteiger partial charge is 0.389 e. The number of nitrogens with one attached hydrogen (secondary N) is 1. The van der Waals surface area contributed by atoms with E-state index in [1.165, 1.54) is 25.0 Å². The van der Waals surface area contributed by atoms with E-state index >= 15 is 0 Å². The number of fused-ring (bicyclic) bond motifs is 1. The smallest absolute Gasteiger partial charge is 0.348 e. The molecule has 1 saturated heterocycles. The summed E-state index contributed by atoms with van der Waals surface area (Å²) in [6.07, 6.45) is 0. The third-order valence-electron chi connectivity index (χ3n) is 8.74. The summed E-state index contributed by atoms with van der Waals surface area (Å²) in [5, 5.41) is 1.81. The van der Waals surface area contributed by atoms with Crippen LogP contribution in [0.4, 0.5) is 8.78 Å². The molecule has 0 bridgehead atoms. The maximum absolute atomic E-state index is 15.0. The molecule has 38 heavy (non-hydrogen) atoms. The first-order chi connectivity index (χ1) is 17.5. The molecule has 0 aliphatic carbocycles. The van der Waals surface area contributed by atoms with Gasteiger partial charge in [0.1, 0.15) is 39.2 Å². The number of halogens is 3. The summed E-state index contributed by atoms with van der Waals surface area (Å²) in [5.74, 6) is -7.70. The molecule has 3 unspecified atom stereocenters. The number of amides is 4. The number of piperidine rings is 1. The SMILES string of the molecule is BC(c1ccc2c(c1)CN(C1(B)C(=O)NC(=O)C(B)C1(B)B)C2=O)N(B)C(=O)C(F)(F)c1ccc(Cl)cc1. The van der Waals surface area contributed by atoms with Crippen molar-refractivity contribution in [3.8, 4) is 0 Å². The molecule has 0 spiro atoms. The highest BCUT2D eigenvalue weighted by molar-refractivity contribution is 6.57. The Labute approximate surface area is 229 Å². The van der Waals surface area contributed by atoms with E-state index in [-0.39, 0.29) is 23.4 Å². The quantitative estimate of drug-likeness (QED) is 0.326. The minimum absolute atomic E-state index is 0.0988. The molecule has 0 radical (unpaired) electrons. The topological polar surface area (TPSA) is 86.8 Å². The molecule has 3 atom stereocenters. The molecule has 4 rings (SSSR count). The summed E-state index contributed by atoms with van der Waals surface area (Å²) in [6.45, 7) is 0.0988. The van der Waals surface area contributed by atoms with Gasteiger partial charge in [0.05, 0.1) is 5.44 Å². The molecule has 7 nitrogen and oxygen atoms in total. The standard InChI is InChI=1S/C22H24B6ClF2N3O4/c23-14-16(35)32-18(37)22(27,21(14,25)26)33-8-10-7-9(1-6-13(10)17(33)36)15(24)34(28)19(38)20(30,31)11-2-4-12(29)5-3-11/h1-7,14-15H,8,23-28H2,(H,32,35,37). The van der Waals surface area contributed by atoms with Gasteiger partial charge in [-0.1, -0.05) is 41.1 Å². The van der Waals surface area contributed by atoms with E-state index < -0.39 is 45.7 Å². The van der Waals surface area contributed by atoms with Gasteiger partial charge in [0, 0.05) is 34.5 Å². The zero-order valence-electron chi connectivity index (χ0n) is 22.1. The highest BCUT2D eigenvalue weighted by Gasteiger charge is 2.60. The molecular weight excluding hydrogens is 509 g/mol. The van der Waals surface area contributed by atoms with Gasteiger partial charge < -0.3 is 9.71 Å². The van der Waals surface area contributed by atoms with Crippen LogP contribution in [-0.4, -0.2) is 86.0 Å². The molecule has 2 heterocycles. The summed E-state index contributed by atoms with van der Waals surface area (Å²) in [5.41, 5.74) is -0.220. The Hall–Kier alpha value is -2.94. The van der Waals surface area contributed by atoms with Gasteiger partial charge in [-0.2, -0.15) is 8.78 Å². The molecule has 2 aliphatic rings. The van der Waals surface area contributed by atoms with Crippen molar-refractivity contribution in [2.24, 2.45) is 0 Å². The molecule has 2 aromatic carbocycles. The number of benzene rings is 2. The van der Waals surface area contributed by atoms with Gasteiger partial charge in [0.25, 0.3) is 11.8 Å². The van der Waals surface area contributed by atoms with Crippen molar-refractivity contribution in [1.82, 2.24) is 15.0 Å². The first-order valence-corrected chi connectivity index (χ1v) is 12.6. The molecule has 4 amide bonds. The summed E-state index contributed by atoms with van der Waals surface area (Å²) in [7, 11) is 9.89. The predicted octanol–water partition coefficient (Wildman–Crippen LogP) is -3.11. The molecule has 16 heteroatoms. The lowest BCUT2D eigenvalue weighted by molar-refractivity contribution is -0.154. The second-order valence-electron chi connectivity index (χ2n) is 10.8. The van der Waals surface area contributed by atoms with Gasteiger partial charge in [0.15, 0.2) is 0 Å². The van der Waals surface area contributed by atoms with Crippen LogP contribution in [-0.2, 0) is 26.9 Å². The second-order valence-corrected chi connectivity index (χ2v) is 11.3. The maximum Gasteiger partial charge on any atom is 0.348 e. The fourth-order valence-electron chi connectivity index (χ4n) is 5.22. The number of hydrogen-bond acceptors (Lipinski definition) is 4. The van der Waals surface area contributed by atoms with E-state index in [1.807, 2.05) is 0 Å². The molecule has 1 fully saturated rings. The van der Waals surface area contributed by atoms with E-state index in [4.69, 9.17) is 11.6 Å². The first-order valence-electron chi connectivity index (χ1n) is 12.3. The number of carbonyl (C=O) groups is 4. The van der Waals surface area contributed by atoms with Crippen LogP contribution in [0, 0.1) is 0 Å². The van der Waals surface area contributed by atoms with Crippen molar-refractivity contribution in [3.63, 3.8) is 0 Å². The van der Waals surface area contributed by atoms with Crippen molar-refractivity contribution in [2.45, 2.75) is 34.9 Å². The molecule has 2 aliphatic heterocycles. The normalized spacial score (nSPS) is 23.5. The van der Waals surface area contributed by atoms with Crippen LogP contribution in [0.15, 0.2) is 42.5 Å². The summed E-state index contributed by atoms with van der Waals surface area (Å²) in [6, 6.07) is 9.75. The van der Waals surface area contributed by atoms with Crippen molar-refractivity contribution in [2.75, 3.05) is 0 Å². The van der Waals surface area contributed by atoms with Crippen LogP contribution in [0.5, 0.6) is 0 Å². The number of carbonyl (C=O) groups excluding carboxylic acids is 4. The van der Waals surface area contributed by atoms with Crippen LogP contribution in [0.25, 0.3) is 0 Å². The Kier molecular flexibility index (Phi) is 6.92. The summed E-state index contributed by atoms with van der Waals surface area (Å²) in [4.78, 5) is 54.1. The average Bonchev–Trinajstić information content (AvgIpc) is 3.21.